The Labute approximate surface area is 143 Å². The second-order valence-corrected chi connectivity index (χ2v) is 6.65. The number of hydrogen-bond donors (Lipinski definition) is 1. The van der Waals surface area contributed by atoms with E-state index < -0.39 is 0 Å². The highest BCUT2D eigenvalue weighted by Crippen LogP contribution is 2.22. The lowest BCUT2D eigenvalue weighted by atomic mass is 9.96. The van der Waals surface area contributed by atoms with Gasteiger partial charge in [0.15, 0.2) is 0 Å². The van der Waals surface area contributed by atoms with E-state index >= 15 is 0 Å². The van der Waals surface area contributed by atoms with Crippen LogP contribution in [0.1, 0.15) is 34.3 Å². The SMILES string of the molecule is Cc1ccc(C(=O)NCC2CCN(c3cccnc3)CC2)cc1C. The third-order valence-electron chi connectivity index (χ3n) is 4.95. The molecule has 1 amide bonds. The van der Waals surface area contributed by atoms with E-state index in [4.69, 9.17) is 0 Å². The van der Waals surface area contributed by atoms with Crippen LogP contribution in [0.4, 0.5) is 5.69 Å². The topological polar surface area (TPSA) is 45.2 Å². The molecule has 0 saturated carbocycles. The standard InChI is InChI=1S/C20H25N3O/c1-15-5-6-18(12-16(15)2)20(24)22-13-17-7-10-23(11-8-17)19-4-3-9-21-14-19/h3-6,9,12,14,17H,7-8,10-11,13H2,1-2H3,(H,22,24). The Balaban J connectivity index is 1.48. The second-order valence-electron chi connectivity index (χ2n) is 6.65. The number of nitrogens with zero attached hydrogens (tertiary/aromatic N) is 2. The zero-order valence-electron chi connectivity index (χ0n) is 14.5. The molecule has 3 rings (SSSR count). The fraction of sp³-hybridized carbons (Fsp3) is 0.400. The third-order valence-corrected chi connectivity index (χ3v) is 4.95. The molecule has 0 atom stereocenters. The van der Waals surface area contributed by atoms with Gasteiger partial charge in [0, 0.05) is 31.4 Å². The molecule has 1 aliphatic rings. The minimum atomic E-state index is 0.0350. The predicted octanol–water partition coefficient (Wildman–Crippen LogP) is 3.34. The molecule has 1 saturated heterocycles. The van der Waals surface area contributed by atoms with Crippen LogP contribution in [0.3, 0.4) is 0 Å². The summed E-state index contributed by atoms with van der Waals surface area (Å²) in [7, 11) is 0. The number of piperidine rings is 1. The smallest absolute Gasteiger partial charge is 0.251 e. The van der Waals surface area contributed by atoms with Crippen molar-refractivity contribution in [1.29, 1.82) is 0 Å². The van der Waals surface area contributed by atoms with Crippen molar-refractivity contribution in [2.45, 2.75) is 26.7 Å². The molecule has 4 nitrogen and oxygen atoms in total. The van der Waals surface area contributed by atoms with Crippen LogP contribution < -0.4 is 10.2 Å². The fourth-order valence-electron chi connectivity index (χ4n) is 3.16. The van der Waals surface area contributed by atoms with E-state index in [0.717, 1.165) is 43.6 Å². The van der Waals surface area contributed by atoms with Crippen LogP contribution in [-0.2, 0) is 0 Å². The van der Waals surface area contributed by atoms with Gasteiger partial charge in [0.2, 0.25) is 0 Å². The minimum Gasteiger partial charge on any atom is -0.370 e. The molecule has 0 spiro atoms. The Kier molecular flexibility index (Phi) is 5.14. The quantitative estimate of drug-likeness (QED) is 0.938. The van der Waals surface area contributed by atoms with E-state index in [1.54, 1.807) is 6.20 Å². The van der Waals surface area contributed by atoms with Crippen LogP contribution in [0.5, 0.6) is 0 Å². The molecular formula is C20H25N3O. The van der Waals surface area contributed by atoms with Crippen LogP contribution in [0, 0.1) is 19.8 Å². The average molecular weight is 323 g/mol. The number of pyridine rings is 1. The lowest BCUT2D eigenvalue weighted by Gasteiger charge is -2.33. The molecule has 4 heteroatoms. The molecule has 0 unspecified atom stereocenters. The van der Waals surface area contributed by atoms with E-state index in [9.17, 15) is 4.79 Å². The summed E-state index contributed by atoms with van der Waals surface area (Å²) in [6, 6.07) is 9.97. The third kappa shape index (κ3) is 3.94. The van der Waals surface area contributed by atoms with Crippen molar-refractivity contribution in [2.75, 3.05) is 24.5 Å². The molecule has 1 N–H and O–H groups in total. The van der Waals surface area contributed by atoms with Crippen LogP contribution >= 0.6 is 0 Å². The van der Waals surface area contributed by atoms with Crippen molar-refractivity contribution in [1.82, 2.24) is 10.3 Å². The first-order valence-corrected chi connectivity index (χ1v) is 8.64. The summed E-state index contributed by atoms with van der Waals surface area (Å²) in [5.41, 5.74) is 4.32. The van der Waals surface area contributed by atoms with E-state index in [2.05, 4.69) is 28.2 Å². The van der Waals surface area contributed by atoms with Crippen molar-refractivity contribution in [2.24, 2.45) is 5.92 Å². The maximum Gasteiger partial charge on any atom is 0.251 e. The van der Waals surface area contributed by atoms with E-state index in [1.807, 2.05) is 37.4 Å². The second kappa shape index (κ2) is 7.47. The molecule has 2 aromatic rings. The van der Waals surface area contributed by atoms with Gasteiger partial charge in [-0.05, 0) is 68.0 Å². The average Bonchev–Trinajstić information content (AvgIpc) is 2.63. The van der Waals surface area contributed by atoms with Gasteiger partial charge in [-0.3, -0.25) is 9.78 Å². The van der Waals surface area contributed by atoms with Gasteiger partial charge in [0.25, 0.3) is 5.91 Å². The summed E-state index contributed by atoms with van der Waals surface area (Å²) in [4.78, 5) is 18.9. The van der Waals surface area contributed by atoms with Gasteiger partial charge >= 0.3 is 0 Å². The van der Waals surface area contributed by atoms with Gasteiger partial charge in [-0.15, -0.1) is 0 Å². The van der Waals surface area contributed by atoms with Crippen molar-refractivity contribution in [3.8, 4) is 0 Å². The first-order chi connectivity index (χ1) is 11.6. The number of nitrogens with one attached hydrogen (secondary N) is 1. The highest BCUT2D eigenvalue weighted by Gasteiger charge is 2.20. The normalized spacial score (nSPS) is 15.3. The van der Waals surface area contributed by atoms with E-state index in [1.165, 1.54) is 11.3 Å². The van der Waals surface area contributed by atoms with Crippen LogP contribution in [0.15, 0.2) is 42.7 Å². The molecule has 2 heterocycles. The van der Waals surface area contributed by atoms with Gasteiger partial charge < -0.3 is 10.2 Å². The minimum absolute atomic E-state index is 0.0350. The molecule has 0 bridgehead atoms. The molecule has 126 valence electrons. The molecule has 1 aromatic carbocycles. The van der Waals surface area contributed by atoms with Crippen molar-refractivity contribution >= 4 is 11.6 Å². The van der Waals surface area contributed by atoms with Crippen LogP contribution in [-0.4, -0.2) is 30.5 Å². The number of aryl methyl sites for hydroxylation is 2. The summed E-state index contributed by atoms with van der Waals surface area (Å²) < 4.78 is 0. The van der Waals surface area contributed by atoms with Gasteiger partial charge in [0.05, 0.1) is 11.9 Å². The summed E-state index contributed by atoms with van der Waals surface area (Å²) >= 11 is 0. The lowest BCUT2D eigenvalue weighted by Crippen LogP contribution is -2.38. The summed E-state index contributed by atoms with van der Waals surface area (Å²) in [5, 5.41) is 3.10. The van der Waals surface area contributed by atoms with Crippen molar-refractivity contribution in [3.05, 3.63) is 59.4 Å². The lowest BCUT2D eigenvalue weighted by molar-refractivity contribution is 0.0945. The number of hydrogen-bond acceptors (Lipinski definition) is 3. The zero-order chi connectivity index (χ0) is 16.9. The summed E-state index contributed by atoms with van der Waals surface area (Å²) in [6.45, 7) is 6.91. The molecule has 24 heavy (non-hydrogen) atoms. The van der Waals surface area contributed by atoms with E-state index in [-0.39, 0.29) is 5.91 Å². The molecule has 1 fully saturated rings. The predicted molar refractivity (Wildman–Crippen MR) is 97.4 cm³/mol. The van der Waals surface area contributed by atoms with Crippen LogP contribution in [0.25, 0.3) is 0 Å². The van der Waals surface area contributed by atoms with Gasteiger partial charge in [-0.25, -0.2) is 0 Å². The van der Waals surface area contributed by atoms with Crippen LogP contribution in [0.2, 0.25) is 0 Å². The number of carbonyl (C=O) groups is 1. The Morgan fingerprint density at radius 1 is 1.21 bits per heavy atom. The first-order valence-electron chi connectivity index (χ1n) is 8.64. The zero-order valence-corrected chi connectivity index (χ0v) is 14.5. The fourth-order valence-corrected chi connectivity index (χ4v) is 3.16. The number of aromatic nitrogens is 1. The maximum atomic E-state index is 12.3. The van der Waals surface area contributed by atoms with E-state index in [0.29, 0.717) is 5.92 Å². The maximum absolute atomic E-state index is 12.3. The largest absolute Gasteiger partial charge is 0.370 e. The number of benzene rings is 1. The Morgan fingerprint density at radius 2 is 2.00 bits per heavy atom. The molecule has 1 aromatic heterocycles. The van der Waals surface area contributed by atoms with Crippen molar-refractivity contribution in [3.63, 3.8) is 0 Å². The first kappa shape index (κ1) is 16.5. The Morgan fingerprint density at radius 3 is 2.67 bits per heavy atom. The van der Waals surface area contributed by atoms with Crippen molar-refractivity contribution < 1.29 is 4.79 Å². The highest BCUT2D eigenvalue weighted by atomic mass is 16.1. The number of carbonyl (C=O) groups excluding carboxylic acids is 1. The summed E-state index contributed by atoms with van der Waals surface area (Å²) in [5.74, 6) is 0.584. The summed E-state index contributed by atoms with van der Waals surface area (Å²) in [6.07, 6.45) is 5.92. The monoisotopic (exact) mass is 323 g/mol. The number of anilines is 1. The van der Waals surface area contributed by atoms with Gasteiger partial charge in [-0.1, -0.05) is 6.07 Å². The molecule has 1 aliphatic heterocycles. The molecule has 0 aliphatic carbocycles. The molecule has 0 radical (unpaired) electrons. The Bertz CT molecular complexity index is 691. The highest BCUT2D eigenvalue weighted by molar-refractivity contribution is 5.94. The number of amides is 1. The molecular weight excluding hydrogens is 298 g/mol. The number of rotatable bonds is 4. The Hall–Kier alpha value is -2.36. The van der Waals surface area contributed by atoms with Gasteiger partial charge in [-0.2, -0.15) is 0 Å². The van der Waals surface area contributed by atoms with Gasteiger partial charge in [0.1, 0.15) is 0 Å².